The average Bonchev–Trinajstić information content (AvgIpc) is 3.01. The lowest BCUT2D eigenvalue weighted by Crippen LogP contribution is -2.05. The second-order valence-corrected chi connectivity index (χ2v) is 6.06. The maximum atomic E-state index is 12.2. The van der Waals surface area contributed by atoms with Crippen LogP contribution in [0.25, 0.3) is 16.8 Å². The highest BCUT2D eigenvalue weighted by atomic mass is 16.6. The molecule has 0 N–H and O–H groups in total. The second-order valence-electron chi connectivity index (χ2n) is 6.06. The first-order valence-electron chi connectivity index (χ1n) is 8.39. The summed E-state index contributed by atoms with van der Waals surface area (Å²) in [7, 11) is 0. The molecule has 0 fully saturated rings. The predicted octanol–water partition coefficient (Wildman–Crippen LogP) is 4.11. The zero-order valence-corrected chi connectivity index (χ0v) is 14.5. The topological polar surface area (TPSA) is 65.0 Å². The minimum atomic E-state index is -0.518. The van der Waals surface area contributed by atoms with Crippen LogP contribution in [-0.4, -0.2) is 17.8 Å². The predicted molar refractivity (Wildman–Crippen MR) is 102 cm³/mol. The van der Waals surface area contributed by atoms with Crippen LogP contribution in [0.4, 0.5) is 0 Å². The van der Waals surface area contributed by atoms with Crippen LogP contribution in [0.15, 0.2) is 77.4 Å². The van der Waals surface area contributed by atoms with Gasteiger partial charge in [0.1, 0.15) is 5.75 Å². The minimum Gasteiger partial charge on any atom is -0.427 e. The van der Waals surface area contributed by atoms with Gasteiger partial charge in [0.05, 0.1) is 0 Å². The Kier molecular flexibility index (Phi) is 4.26. The summed E-state index contributed by atoms with van der Waals surface area (Å²) in [5.41, 5.74) is 1.61. The highest BCUT2D eigenvalue weighted by Crippen LogP contribution is 2.23. The molecule has 5 nitrogen and oxygen atoms in total. The molecule has 4 rings (SSSR count). The number of fused-ring (bicyclic) bond motifs is 1. The van der Waals surface area contributed by atoms with Gasteiger partial charge in [-0.3, -0.25) is 4.79 Å². The van der Waals surface area contributed by atoms with Gasteiger partial charge in [0, 0.05) is 12.5 Å². The van der Waals surface area contributed by atoms with Gasteiger partial charge in [-0.05, 0) is 46.7 Å². The number of carbonyl (C=O) groups is 2. The van der Waals surface area contributed by atoms with Crippen molar-refractivity contribution in [1.29, 1.82) is 0 Å². The molecular formula is C22H15NO4. The van der Waals surface area contributed by atoms with Crippen molar-refractivity contribution in [1.82, 2.24) is 0 Å². The molecule has 27 heavy (non-hydrogen) atoms. The van der Waals surface area contributed by atoms with E-state index in [0.29, 0.717) is 11.3 Å². The Bertz CT molecular complexity index is 1130. The monoisotopic (exact) mass is 357 g/mol. The molecule has 1 aliphatic heterocycles. The Balaban J connectivity index is 1.66. The zero-order valence-electron chi connectivity index (χ0n) is 14.5. The summed E-state index contributed by atoms with van der Waals surface area (Å²) in [5, 5.41) is 2.14. The second kappa shape index (κ2) is 6.88. The van der Waals surface area contributed by atoms with Crippen molar-refractivity contribution < 1.29 is 19.1 Å². The Morgan fingerprint density at radius 1 is 1.00 bits per heavy atom. The van der Waals surface area contributed by atoms with Gasteiger partial charge in [-0.25, -0.2) is 9.79 Å². The first kappa shape index (κ1) is 16.7. The third kappa shape index (κ3) is 3.62. The third-order valence-electron chi connectivity index (χ3n) is 4.04. The number of aliphatic imine (C=N–C) groups is 1. The normalized spacial score (nSPS) is 14.9. The molecule has 0 bridgehead atoms. The average molecular weight is 357 g/mol. The number of cyclic esters (lactones) is 1. The molecule has 0 spiro atoms. The molecule has 0 aliphatic carbocycles. The van der Waals surface area contributed by atoms with Crippen molar-refractivity contribution >= 4 is 34.7 Å². The highest BCUT2D eigenvalue weighted by Gasteiger charge is 2.24. The fourth-order valence-corrected chi connectivity index (χ4v) is 2.85. The van der Waals surface area contributed by atoms with Crippen LogP contribution < -0.4 is 4.74 Å². The number of hydrogen-bond acceptors (Lipinski definition) is 5. The van der Waals surface area contributed by atoms with Crippen LogP contribution in [0.5, 0.6) is 5.75 Å². The fourth-order valence-electron chi connectivity index (χ4n) is 2.85. The van der Waals surface area contributed by atoms with Crippen LogP contribution in [-0.2, 0) is 14.3 Å². The van der Waals surface area contributed by atoms with Gasteiger partial charge in [0.2, 0.25) is 5.90 Å². The number of esters is 2. The number of rotatable bonds is 3. The van der Waals surface area contributed by atoms with Crippen LogP contribution in [0.1, 0.15) is 18.1 Å². The number of benzene rings is 3. The summed E-state index contributed by atoms with van der Waals surface area (Å²) in [6, 6.07) is 20.6. The first-order valence-corrected chi connectivity index (χ1v) is 8.39. The minimum absolute atomic E-state index is 0.193. The highest BCUT2D eigenvalue weighted by molar-refractivity contribution is 6.13. The molecule has 1 aliphatic rings. The number of hydrogen-bond donors (Lipinski definition) is 0. The van der Waals surface area contributed by atoms with Gasteiger partial charge < -0.3 is 9.47 Å². The summed E-state index contributed by atoms with van der Waals surface area (Å²) in [6.45, 7) is 1.33. The molecule has 0 amide bonds. The molecule has 1 heterocycles. The lowest BCUT2D eigenvalue weighted by molar-refractivity contribution is -0.132. The van der Waals surface area contributed by atoms with Crippen molar-refractivity contribution in [3.8, 4) is 5.75 Å². The Morgan fingerprint density at radius 2 is 1.81 bits per heavy atom. The van der Waals surface area contributed by atoms with E-state index in [1.807, 2.05) is 42.5 Å². The molecule has 0 saturated heterocycles. The molecule has 0 atom stereocenters. The van der Waals surface area contributed by atoms with Gasteiger partial charge in [0.25, 0.3) is 0 Å². The smallest absolute Gasteiger partial charge is 0.363 e. The van der Waals surface area contributed by atoms with E-state index >= 15 is 0 Å². The fraction of sp³-hybridized carbons (Fsp3) is 0.0455. The standard InChI is InChI=1S/C22H15NO4/c1-14(24)26-19-8-4-5-15(11-19)12-20-22(25)27-21(23-20)18-10-9-16-6-2-3-7-17(16)13-18/h2-13H,1H3/b20-12-. The van der Waals surface area contributed by atoms with Crippen molar-refractivity contribution in [3.63, 3.8) is 0 Å². The van der Waals surface area contributed by atoms with Crippen molar-refractivity contribution in [2.45, 2.75) is 6.92 Å². The van der Waals surface area contributed by atoms with E-state index in [2.05, 4.69) is 4.99 Å². The number of ether oxygens (including phenoxy) is 2. The molecule has 3 aromatic rings. The molecule has 5 heteroatoms. The van der Waals surface area contributed by atoms with Gasteiger partial charge in [-0.15, -0.1) is 0 Å². The molecule has 0 saturated carbocycles. The van der Waals surface area contributed by atoms with E-state index in [1.165, 1.54) is 6.92 Å². The van der Waals surface area contributed by atoms with E-state index < -0.39 is 11.9 Å². The summed E-state index contributed by atoms with van der Waals surface area (Å²) in [6.07, 6.45) is 1.60. The molecule has 3 aromatic carbocycles. The van der Waals surface area contributed by atoms with Crippen LogP contribution in [0.3, 0.4) is 0 Å². The molecule has 0 aromatic heterocycles. The van der Waals surface area contributed by atoms with Gasteiger partial charge >= 0.3 is 11.9 Å². The van der Waals surface area contributed by atoms with E-state index in [-0.39, 0.29) is 11.6 Å². The maximum Gasteiger partial charge on any atom is 0.363 e. The van der Waals surface area contributed by atoms with Crippen LogP contribution in [0.2, 0.25) is 0 Å². The third-order valence-corrected chi connectivity index (χ3v) is 4.04. The Labute approximate surface area is 155 Å². The van der Waals surface area contributed by atoms with Crippen molar-refractivity contribution in [2.24, 2.45) is 4.99 Å². The maximum absolute atomic E-state index is 12.2. The lowest BCUT2D eigenvalue weighted by atomic mass is 10.1. The summed E-state index contributed by atoms with van der Waals surface area (Å²) in [5.74, 6) is -0.247. The van der Waals surface area contributed by atoms with E-state index in [9.17, 15) is 9.59 Å². The molecular weight excluding hydrogens is 342 g/mol. The largest absolute Gasteiger partial charge is 0.427 e. The number of nitrogens with zero attached hydrogens (tertiary/aromatic N) is 1. The lowest BCUT2D eigenvalue weighted by Gasteiger charge is -2.02. The Morgan fingerprint density at radius 3 is 2.63 bits per heavy atom. The van der Waals surface area contributed by atoms with Crippen LogP contribution in [0, 0.1) is 0 Å². The van der Waals surface area contributed by atoms with Gasteiger partial charge in [-0.1, -0.05) is 42.5 Å². The van der Waals surface area contributed by atoms with E-state index in [1.54, 1.807) is 30.3 Å². The van der Waals surface area contributed by atoms with Crippen molar-refractivity contribution in [3.05, 3.63) is 83.6 Å². The quantitative estimate of drug-likeness (QED) is 0.402. The number of carbonyl (C=O) groups excluding carboxylic acids is 2. The Hall–Kier alpha value is -3.73. The molecule has 0 radical (unpaired) electrons. The summed E-state index contributed by atoms with van der Waals surface area (Å²) < 4.78 is 10.4. The van der Waals surface area contributed by atoms with E-state index in [4.69, 9.17) is 9.47 Å². The zero-order chi connectivity index (χ0) is 18.8. The van der Waals surface area contributed by atoms with Gasteiger partial charge in [-0.2, -0.15) is 0 Å². The summed E-state index contributed by atoms with van der Waals surface area (Å²) in [4.78, 5) is 27.6. The first-order chi connectivity index (χ1) is 13.1. The SMILES string of the molecule is CC(=O)Oc1cccc(/C=C2\N=C(c3ccc4ccccc4c3)OC2=O)c1. The van der Waals surface area contributed by atoms with Crippen LogP contribution >= 0.6 is 0 Å². The summed E-state index contributed by atoms with van der Waals surface area (Å²) >= 11 is 0. The van der Waals surface area contributed by atoms with E-state index in [0.717, 1.165) is 16.3 Å². The molecule has 132 valence electrons. The van der Waals surface area contributed by atoms with Gasteiger partial charge in [0.15, 0.2) is 5.70 Å². The van der Waals surface area contributed by atoms with Crippen molar-refractivity contribution in [2.75, 3.05) is 0 Å². The molecule has 0 unspecified atom stereocenters.